The lowest BCUT2D eigenvalue weighted by Crippen LogP contribution is -2.15. The summed E-state index contributed by atoms with van der Waals surface area (Å²) in [6.07, 6.45) is 5.43. The van der Waals surface area contributed by atoms with Crippen molar-refractivity contribution in [1.29, 1.82) is 0 Å². The summed E-state index contributed by atoms with van der Waals surface area (Å²) in [5, 5.41) is 7.37. The first-order valence-electron chi connectivity index (χ1n) is 8.41. The number of benzene rings is 1. The molecule has 0 aliphatic carbocycles. The Bertz CT molecular complexity index is 1090. The zero-order valence-corrected chi connectivity index (χ0v) is 14.7. The minimum Gasteiger partial charge on any atom is -0.497 e. The molecule has 134 valence electrons. The molecule has 1 amide bonds. The number of hydrogen-bond acceptors (Lipinski definition) is 5. The number of carbonyl (C=O) groups excluding carboxylic acids is 1. The number of ether oxygens (including phenoxy) is 1. The Kier molecular flexibility index (Phi) is 4.49. The van der Waals surface area contributed by atoms with E-state index in [9.17, 15) is 4.79 Å². The number of pyridine rings is 2. The van der Waals surface area contributed by atoms with Crippen molar-refractivity contribution in [3.63, 3.8) is 0 Å². The van der Waals surface area contributed by atoms with Gasteiger partial charge in [-0.2, -0.15) is 0 Å². The summed E-state index contributed by atoms with van der Waals surface area (Å²) in [6, 6.07) is 14.8. The fourth-order valence-corrected chi connectivity index (χ4v) is 2.78. The van der Waals surface area contributed by atoms with E-state index < -0.39 is 0 Å². The molecule has 0 saturated heterocycles. The first kappa shape index (κ1) is 16.7. The van der Waals surface area contributed by atoms with Gasteiger partial charge in [0.1, 0.15) is 5.75 Å². The van der Waals surface area contributed by atoms with E-state index in [0.29, 0.717) is 17.2 Å². The summed E-state index contributed by atoms with van der Waals surface area (Å²) in [7, 11) is 1.60. The number of fused-ring (bicyclic) bond motifs is 1. The van der Waals surface area contributed by atoms with Gasteiger partial charge < -0.3 is 10.1 Å². The van der Waals surface area contributed by atoms with Gasteiger partial charge in [0, 0.05) is 24.2 Å². The fourth-order valence-electron chi connectivity index (χ4n) is 2.78. The molecule has 7 nitrogen and oxygen atoms in total. The number of rotatable bonds is 5. The van der Waals surface area contributed by atoms with E-state index in [2.05, 4.69) is 20.4 Å². The van der Waals surface area contributed by atoms with Gasteiger partial charge in [-0.15, -0.1) is 5.10 Å². The van der Waals surface area contributed by atoms with Crippen molar-refractivity contribution in [1.82, 2.24) is 19.6 Å². The van der Waals surface area contributed by atoms with Crippen LogP contribution >= 0.6 is 0 Å². The van der Waals surface area contributed by atoms with Crippen LogP contribution in [0, 0.1) is 0 Å². The first-order chi connectivity index (χ1) is 13.2. The third-order valence-electron chi connectivity index (χ3n) is 4.05. The standard InChI is InChI=1S/C20H17N5O2/c1-27-16-7-2-5-14(11-16)12-18(26)22-17-8-4-10-25-20(17)23-19(24-25)15-6-3-9-21-13-15/h2-11,13H,12H2,1H3,(H,22,26). The highest BCUT2D eigenvalue weighted by atomic mass is 16.5. The van der Waals surface area contributed by atoms with Crippen LogP contribution < -0.4 is 10.1 Å². The van der Waals surface area contributed by atoms with Gasteiger partial charge in [0.2, 0.25) is 5.91 Å². The van der Waals surface area contributed by atoms with Gasteiger partial charge in [0.05, 0.1) is 19.2 Å². The van der Waals surface area contributed by atoms with Crippen LogP contribution in [0.4, 0.5) is 5.69 Å². The minimum atomic E-state index is -0.137. The molecule has 0 radical (unpaired) electrons. The quantitative estimate of drug-likeness (QED) is 0.592. The van der Waals surface area contributed by atoms with Crippen LogP contribution in [0.1, 0.15) is 5.56 Å². The van der Waals surface area contributed by atoms with Gasteiger partial charge >= 0.3 is 0 Å². The number of hydrogen-bond donors (Lipinski definition) is 1. The molecule has 0 fully saturated rings. The molecule has 1 N–H and O–H groups in total. The summed E-state index contributed by atoms with van der Waals surface area (Å²) >= 11 is 0. The summed E-state index contributed by atoms with van der Waals surface area (Å²) in [5.74, 6) is 1.14. The number of aromatic nitrogens is 4. The third kappa shape index (κ3) is 3.62. The molecular formula is C20H17N5O2. The second-order valence-electron chi connectivity index (χ2n) is 5.94. The second kappa shape index (κ2) is 7.25. The number of amides is 1. The van der Waals surface area contributed by atoms with Crippen LogP contribution in [-0.2, 0) is 11.2 Å². The number of methoxy groups -OCH3 is 1. The molecular weight excluding hydrogens is 342 g/mol. The van der Waals surface area contributed by atoms with Gasteiger partial charge in [0.25, 0.3) is 0 Å². The Morgan fingerprint density at radius 1 is 1.19 bits per heavy atom. The van der Waals surface area contributed by atoms with Crippen LogP contribution in [0.2, 0.25) is 0 Å². The van der Waals surface area contributed by atoms with E-state index >= 15 is 0 Å². The maximum absolute atomic E-state index is 12.5. The van der Waals surface area contributed by atoms with E-state index in [4.69, 9.17) is 4.74 Å². The summed E-state index contributed by atoms with van der Waals surface area (Å²) < 4.78 is 6.84. The maximum atomic E-state index is 12.5. The van der Waals surface area contributed by atoms with Gasteiger partial charge in [-0.3, -0.25) is 9.78 Å². The van der Waals surface area contributed by atoms with Gasteiger partial charge in [0.15, 0.2) is 11.5 Å². The molecule has 0 atom stereocenters. The monoisotopic (exact) mass is 359 g/mol. The molecule has 7 heteroatoms. The molecule has 3 heterocycles. The third-order valence-corrected chi connectivity index (χ3v) is 4.05. The highest BCUT2D eigenvalue weighted by Crippen LogP contribution is 2.20. The van der Waals surface area contributed by atoms with Crippen LogP contribution in [0.5, 0.6) is 5.75 Å². The van der Waals surface area contributed by atoms with Crippen LogP contribution in [0.3, 0.4) is 0 Å². The lowest BCUT2D eigenvalue weighted by molar-refractivity contribution is -0.115. The van der Waals surface area contributed by atoms with Crippen molar-refractivity contribution in [2.45, 2.75) is 6.42 Å². The molecule has 3 aromatic heterocycles. The predicted octanol–water partition coefficient (Wildman–Crippen LogP) is 2.98. The lowest BCUT2D eigenvalue weighted by Gasteiger charge is -2.07. The van der Waals surface area contributed by atoms with E-state index in [0.717, 1.165) is 16.9 Å². The number of carbonyl (C=O) groups is 1. The minimum absolute atomic E-state index is 0.137. The molecule has 4 aromatic rings. The average Bonchev–Trinajstić information content (AvgIpc) is 3.14. The molecule has 1 aromatic carbocycles. The van der Waals surface area contributed by atoms with Crippen molar-refractivity contribution in [3.8, 4) is 17.1 Å². The smallest absolute Gasteiger partial charge is 0.228 e. The van der Waals surface area contributed by atoms with Crippen LogP contribution in [0.25, 0.3) is 17.0 Å². The fraction of sp³-hybridized carbons (Fsp3) is 0.100. The van der Waals surface area contributed by atoms with Crippen molar-refractivity contribution in [3.05, 3.63) is 72.7 Å². The molecule has 4 rings (SSSR count). The summed E-state index contributed by atoms with van der Waals surface area (Å²) in [5.41, 5.74) is 2.87. The van der Waals surface area contributed by atoms with Crippen molar-refractivity contribution < 1.29 is 9.53 Å². The topological polar surface area (TPSA) is 81.4 Å². The van der Waals surface area contributed by atoms with Gasteiger partial charge in [-0.05, 0) is 42.0 Å². The Hall–Kier alpha value is -3.74. The lowest BCUT2D eigenvalue weighted by atomic mass is 10.1. The molecule has 0 aliphatic rings. The summed E-state index contributed by atoms with van der Waals surface area (Å²) in [6.45, 7) is 0. The molecule has 0 saturated carbocycles. The first-order valence-corrected chi connectivity index (χ1v) is 8.41. The van der Waals surface area contributed by atoms with E-state index in [1.807, 2.05) is 42.5 Å². The van der Waals surface area contributed by atoms with Crippen LogP contribution in [0.15, 0.2) is 67.1 Å². The normalized spacial score (nSPS) is 10.7. The highest BCUT2D eigenvalue weighted by Gasteiger charge is 2.12. The van der Waals surface area contributed by atoms with E-state index in [-0.39, 0.29) is 12.3 Å². The van der Waals surface area contributed by atoms with E-state index in [1.165, 1.54) is 0 Å². The van der Waals surface area contributed by atoms with Crippen LogP contribution in [-0.4, -0.2) is 32.6 Å². The average molecular weight is 359 g/mol. The number of anilines is 1. The zero-order chi connectivity index (χ0) is 18.6. The van der Waals surface area contributed by atoms with Gasteiger partial charge in [-0.25, -0.2) is 9.50 Å². The SMILES string of the molecule is COc1cccc(CC(=O)Nc2cccn3nc(-c4cccnc4)nc23)c1. The zero-order valence-electron chi connectivity index (χ0n) is 14.7. The Morgan fingerprint density at radius 3 is 2.93 bits per heavy atom. The molecule has 0 unspecified atom stereocenters. The molecule has 0 aliphatic heterocycles. The molecule has 27 heavy (non-hydrogen) atoms. The Morgan fingerprint density at radius 2 is 2.11 bits per heavy atom. The predicted molar refractivity (Wildman–Crippen MR) is 102 cm³/mol. The second-order valence-corrected chi connectivity index (χ2v) is 5.94. The van der Waals surface area contributed by atoms with E-state index in [1.54, 1.807) is 36.3 Å². The van der Waals surface area contributed by atoms with Crippen molar-refractivity contribution in [2.75, 3.05) is 12.4 Å². The number of nitrogens with one attached hydrogen (secondary N) is 1. The number of nitrogens with zero attached hydrogens (tertiary/aromatic N) is 4. The molecule has 0 spiro atoms. The maximum Gasteiger partial charge on any atom is 0.228 e. The Balaban J connectivity index is 1.58. The Labute approximate surface area is 155 Å². The molecule has 0 bridgehead atoms. The largest absolute Gasteiger partial charge is 0.497 e. The summed E-state index contributed by atoms with van der Waals surface area (Å²) in [4.78, 5) is 21.1. The van der Waals surface area contributed by atoms with Crippen molar-refractivity contribution in [2.24, 2.45) is 0 Å². The van der Waals surface area contributed by atoms with Crippen molar-refractivity contribution >= 4 is 17.2 Å². The van der Waals surface area contributed by atoms with Gasteiger partial charge in [-0.1, -0.05) is 12.1 Å². The highest BCUT2D eigenvalue weighted by molar-refractivity contribution is 5.95.